The lowest BCUT2D eigenvalue weighted by atomic mass is 9.79. The Bertz CT molecular complexity index is 116. The molecule has 2 saturated carbocycles. The lowest BCUT2D eigenvalue weighted by molar-refractivity contribution is 0.394. The van der Waals surface area contributed by atoms with Gasteiger partial charge in [-0.2, -0.15) is 0 Å². The van der Waals surface area contributed by atoms with Gasteiger partial charge in [-0.3, -0.25) is 0 Å². The lowest BCUT2D eigenvalue weighted by Crippen LogP contribution is -2.13. The Balaban J connectivity index is 1.94. The van der Waals surface area contributed by atoms with Gasteiger partial charge in [0.05, 0.1) is 0 Å². The van der Waals surface area contributed by atoms with Crippen molar-refractivity contribution in [2.24, 2.45) is 11.8 Å². The highest BCUT2D eigenvalue weighted by molar-refractivity contribution is 6.44. The molecule has 2 N–H and O–H groups in total. The second-order valence-electron chi connectivity index (χ2n) is 3.25. The molecule has 2 aliphatic carbocycles. The Morgan fingerprint density at radius 1 is 1.11 bits per heavy atom. The Labute approximate surface area is 55.0 Å². The summed E-state index contributed by atoms with van der Waals surface area (Å²) in [5.41, 5.74) is 0. The van der Waals surface area contributed by atoms with Crippen LogP contribution in [0, 0.1) is 11.8 Å². The van der Waals surface area contributed by atoms with Crippen molar-refractivity contribution in [3.8, 4) is 0 Å². The molecule has 2 nitrogen and oxygen atoms in total. The van der Waals surface area contributed by atoms with Gasteiger partial charge >= 0.3 is 7.12 Å². The predicted molar refractivity (Wildman–Crippen MR) is 34.8 cm³/mol. The zero-order chi connectivity index (χ0) is 6.43. The molecule has 2 atom stereocenters. The normalized spacial score (nSPS) is 46.7. The van der Waals surface area contributed by atoms with Gasteiger partial charge in [0.1, 0.15) is 0 Å². The maximum absolute atomic E-state index is 8.75. The van der Waals surface area contributed by atoms with E-state index < -0.39 is 7.12 Å². The van der Waals surface area contributed by atoms with Crippen LogP contribution in [-0.4, -0.2) is 17.2 Å². The minimum absolute atomic E-state index is 0.249. The van der Waals surface area contributed by atoms with Crippen molar-refractivity contribution in [2.45, 2.75) is 25.1 Å². The van der Waals surface area contributed by atoms with Crippen LogP contribution in [0.5, 0.6) is 0 Å². The van der Waals surface area contributed by atoms with E-state index in [0.29, 0.717) is 11.8 Å². The fraction of sp³-hybridized carbons (Fsp3) is 1.00. The van der Waals surface area contributed by atoms with E-state index in [-0.39, 0.29) is 5.82 Å². The van der Waals surface area contributed by atoms with Crippen LogP contribution < -0.4 is 0 Å². The molecular weight excluding hydrogens is 115 g/mol. The molecule has 2 fully saturated rings. The third-order valence-corrected chi connectivity index (χ3v) is 2.82. The molecule has 0 aromatic rings. The first-order valence-corrected chi connectivity index (χ1v) is 3.67. The second kappa shape index (κ2) is 1.73. The number of hydrogen-bond donors (Lipinski definition) is 2. The highest BCUT2D eigenvalue weighted by Crippen LogP contribution is 2.62. The van der Waals surface area contributed by atoms with Crippen LogP contribution in [0.4, 0.5) is 0 Å². The minimum Gasteiger partial charge on any atom is -0.427 e. The van der Waals surface area contributed by atoms with Crippen LogP contribution in [-0.2, 0) is 0 Å². The van der Waals surface area contributed by atoms with E-state index in [2.05, 4.69) is 0 Å². The van der Waals surface area contributed by atoms with Crippen LogP contribution in [0.15, 0.2) is 0 Å². The standard InChI is InChI=1S/C6H11BO2/c8-7(9)6-4-2-1-3-5(4)6/h4-6,8-9H,1-3H2. The Hall–Kier alpha value is -0.0151. The molecule has 3 heteroatoms. The van der Waals surface area contributed by atoms with Crippen molar-refractivity contribution < 1.29 is 10.0 Å². The molecule has 0 heterocycles. The SMILES string of the molecule is OB(O)C1C2CCCC21. The van der Waals surface area contributed by atoms with Crippen molar-refractivity contribution >= 4 is 7.12 Å². The van der Waals surface area contributed by atoms with Crippen LogP contribution in [0.2, 0.25) is 5.82 Å². The summed E-state index contributed by atoms with van der Waals surface area (Å²) >= 11 is 0. The maximum Gasteiger partial charge on any atom is 0.455 e. The fourth-order valence-electron chi connectivity index (χ4n) is 2.32. The first-order valence-electron chi connectivity index (χ1n) is 3.67. The number of rotatable bonds is 1. The molecule has 50 valence electrons. The van der Waals surface area contributed by atoms with E-state index in [1.807, 2.05) is 0 Å². The van der Waals surface area contributed by atoms with Crippen molar-refractivity contribution in [3.63, 3.8) is 0 Å². The zero-order valence-corrected chi connectivity index (χ0v) is 5.33. The third kappa shape index (κ3) is 0.716. The van der Waals surface area contributed by atoms with Gasteiger partial charge in [0.25, 0.3) is 0 Å². The van der Waals surface area contributed by atoms with Crippen molar-refractivity contribution in [1.29, 1.82) is 0 Å². The molecule has 2 rings (SSSR count). The van der Waals surface area contributed by atoms with Crippen LogP contribution in [0.3, 0.4) is 0 Å². The van der Waals surface area contributed by atoms with Crippen molar-refractivity contribution in [2.75, 3.05) is 0 Å². The smallest absolute Gasteiger partial charge is 0.427 e. The molecule has 0 aromatic heterocycles. The summed E-state index contributed by atoms with van der Waals surface area (Å²) in [5.74, 6) is 1.59. The quantitative estimate of drug-likeness (QED) is 0.494. The van der Waals surface area contributed by atoms with Crippen molar-refractivity contribution in [1.82, 2.24) is 0 Å². The van der Waals surface area contributed by atoms with E-state index in [0.717, 1.165) is 0 Å². The monoisotopic (exact) mass is 126 g/mol. The summed E-state index contributed by atoms with van der Waals surface area (Å²) in [7, 11) is -1.03. The highest BCUT2D eigenvalue weighted by Gasteiger charge is 2.57. The second-order valence-corrected chi connectivity index (χ2v) is 3.25. The molecular formula is C6H11BO2. The molecule has 2 aliphatic rings. The molecule has 0 aliphatic heterocycles. The third-order valence-electron chi connectivity index (χ3n) is 2.82. The molecule has 9 heavy (non-hydrogen) atoms. The molecule has 2 unspecified atom stereocenters. The van der Waals surface area contributed by atoms with E-state index in [1.54, 1.807) is 0 Å². The van der Waals surface area contributed by atoms with E-state index >= 15 is 0 Å². The Morgan fingerprint density at radius 3 is 2.00 bits per heavy atom. The summed E-state index contributed by atoms with van der Waals surface area (Å²) in [6.07, 6.45) is 3.76. The van der Waals surface area contributed by atoms with Gasteiger partial charge in [0, 0.05) is 0 Å². The summed E-state index contributed by atoms with van der Waals surface area (Å²) < 4.78 is 0. The van der Waals surface area contributed by atoms with Crippen LogP contribution >= 0.6 is 0 Å². The summed E-state index contributed by atoms with van der Waals surface area (Å²) in [4.78, 5) is 0. The maximum atomic E-state index is 8.75. The summed E-state index contributed by atoms with van der Waals surface area (Å²) in [6.45, 7) is 0. The van der Waals surface area contributed by atoms with E-state index in [1.165, 1.54) is 19.3 Å². The van der Waals surface area contributed by atoms with E-state index in [4.69, 9.17) is 10.0 Å². The fourth-order valence-corrected chi connectivity index (χ4v) is 2.32. The largest absolute Gasteiger partial charge is 0.455 e. The lowest BCUT2D eigenvalue weighted by Gasteiger charge is -1.98. The summed E-state index contributed by atoms with van der Waals surface area (Å²) in [6, 6.07) is 0. The average Bonchev–Trinajstić information content (AvgIpc) is 2.30. The first kappa shape index (κ1) is 5.75. The molecule has 0 aromatic carbocycles. The molecule has 0 amide bonds. The minimum atomic E-state index is -1.03. The molecule has 0 radical (unpaired) electrons. The van der Waals surface area contributed by atoms with Gasteiger partial charge < -0.3 is 10.0 Å². The van der Waals surface area contributed by atoms with Crippen molar-refractivity contribution in [3.05, 3.63) is 0 Å². The topological polar surface area (TPSA) is 40.5 Å². The number of hydrogen-bond acceptors (Lipinski definition) is 2. The van der Waals surface area contributed by atoms with Gasteiger partial charge in [-0.25, -0.2) is 0 Å². The zero-order valence-electron chi connectivity index (χ0n) is 5.33. The van der Waals surface area contributed by atoms with Gasteiger partial charge in [0.2, 0.25) is 0 Å². The number of fused-ring (bicyclic) bond motifs is 1. The Kier molecular flexibility index (Phi) is 1.11. The molecule has 0 bridgehead atoms. The molecule has 0 saturated heterocycles. The van der Waals surface area contributed by atoms with Crippen LogP contribution in [0.1, 0.15) is 19.3 Å². The van der Waals surface area contributed by atoms with Gasteiger partial charge in [-0.1, -0.05) is 19.3 Å². The Morgan fingerprint density at radius 2 is 1.67 bits per heavy atom. The predicted octanol–water partition coefficient (Wildman–Crippen LogP) is 0.259. The van der Waals surface area contributed by atoms with Gasteiger partial charge in [-0.15, -0.1) is 0 Å². The summed E-state index contributed by atoms with van der Waals surface area (Å²) in [5, 5.41) is 17.5. The first-order chi connectivity index (χ1) is 4.30. The van der Waals surface area contributed by atoms with Crippen LogP contribution in [0.25, 0.3) is 0 Å². The van der Waals surface area contributed by atoms with Gasteiger partial charge in [-0.05, 0) is 17.7 Å². The highest BCUT2D eigenvalue weighted by atomic mass is 16.4. The average molecular weight is 126 g/mol. The van der Waals surface area contributed by atoms with E-state index in [9.17, 15) is 0 Å². The van der Waals surface area contributed by atoms with Gasteiger partial charge in [0.15, 0.2) is 0 Å². The molecule has 0 spiro atoms.